The molecular formula is C15H13ClN2O2S. The molecule has 0 saturated heterocycles. The number of hydrogen-bond donors (Lipinski definition) is 2. The van der Waals surface area contributed by atoms with Gasteiger partial charge in [0.1, 0.15) is 0 Å². The Morgan fingerprint density at radius 2 is 1.95 bits per heavy atom. The normalized spacial score (nSPS) is 12.1. The second kappa shape index (κ2) is 5.79. The molecule has 1 aliphatic heterocycles. The molecule has 2 aromatic rings. The molecule has 0 unspecified atom stereocenters. The highest BCUT2D eigenvalue weighted by Crippen LogP contribution is 2.34. The van der Waals surface area contributed by atoms with Crippen molar-refractivity contribution in [3.63, 3.8) is 0 Å². The van der Waals surface area contributed by atoms with Gasteiger partial charge in [-0.3, -0.25) is 0 Å². The van der Waals surface area contributed by atoms with Gasteiger partial charge in [-0.1, -0.05) is 23.7 Å². The van der Waals surface area contributed by atoms with Crippen LogP contribution < -0.4 is 20.1 Å². The standard InChI is InChI=1S/C15H13ClN2O2S/c1-9-3-2-4-11(16)14(9)18-15(21)17-10-5-6-12-13(7-10)20-8-19-12/h2-7H,8H2,1H3,(H2,17,18,21). The van der Waals surface area contributed by atoms with Gasteiger partial charge in [0.25, 0.3) is 0 Å². The molecule has 0 atom stereocenters. The van der Waals surface area contributed by atoms with Crippen LogP contribution in [0.5, 0.6) is 11.5 Å². The molecular weight excluding hydrogens is 308 g/mol. The van der Waals surface area contributed by atoms with Crippen LogP contribution in [0.4, 0.5) is 11.4 Å². The number of hydrogen-bond acceptors (Lipinski definition) is 3. The number of ether oxygens (including phenoxy) is 2. The number of anilines is 2. The van der Waals surface area contributed by atoms with Gasteiger partial charge in [0.15, 0.2) is 16.6 Å². The van der Waals surface area contributed by atoms with E-state index in [1.165, 1.54) is 0 Å². The molecule has 6 heteroatoms. The minimum Gasteiger partial charge on any atom is -0.454 e. The van der Waals surface area contributed by atoms with Gasteiger partial charge in [-0.2, -0.15) is 0 Å². The van der Waals surface area contributed by atoms with Crippen LogP contribution in [0.2, 0.25) is 5.02 Å². The number of nitrogens with one attached hydrogen (secondary N) is 2. The average Bonchev–Trinajstić information content (AvgIpc) is 2.90. The van der Waals surface area contributed by atoms with Crippen molar-refractivity contribution in [2.24, 2.45) is 0 Å². The summed E-state index contributed by atoms with van der Waals surface area (Å²) in [5, 5.41) is 7.30. The highest BCUT2D eigenvalue weighted by atomic mass is 35.5. The molecule has 1 heterocycles. The van der Waals surface area contributed by atoms with Crippen LogP contribution in [0, 0.1) is 6.92 Å². The Hall–Kier alpha value is -1.98. The topological polar surface area (TPSA) is 42.5 Å². The zero-order valence-corrected chi connectivity index (χ0v) is 12.8. The maximum atomic E-state index is 6.17. The summed E-state index contributed by atoms with van der Waals surface area (Å²) in [5.74, 6) is 1.44. The van der Waals surface area contributed by atoms with E-state index in [1.54, 1.807) is 0 Å². The van der Waals surface area contributed by atoms with Gasteiger partial charge in [-0.15, -0.1) is 0 Å². The molecule has 0 aromatic heterocycles. The number of thiocarbonyl (C=S) groups is 1. The van der Waals surface area contributed by atoms with Crippen molar-refractivity contribution >= 4 is 40.3 Å². The molecule has 21 heavy (non-hydrogen) atoms. The Morgan fingerprint density at radius 3 is 2.76 bits per heavy atom. The van der Waals surface area contributed by atoms with Crippen molar-refractivity contribution in [1.29, 1.82) is 0 Å². The van der Waals surface area contributed by atoms with E-state index in [4.69, 9.17) is 33.3 Å². The van der Waals surface area contributed by atoms with E-state index in [-0.39, 0.29) is 6.79 Å². The van der Waals surface area contributed by atoms with E-state index in [9.17, 15) is 0 Å². The smallest absolute Gasteiger partial charge is 0.231 e. The summed E-state index contributed by atoms with van der Waals surface area (Å²) in [7, 11) is 0. The summed E-state index contributed by atoms with van der Waals surface area (Å²) in [6.07, 6.45) is 0. The Labute approximate surface area is 133 Å². The molecule has 0 bridgehead atoms. The van der Waals surface area contributed by atoms with Crippen LogP contribution in [0.1, 0.15) is 5.56 Å². The van der Waals surface area contributed by atoms with Crippen molar-refractivity contribution in [2.75, 3.05) is 17.4 Å². The highest BCUT2D eigenvalue weighted by molar-refractivity contribution is 7.80. The Balaban J connectivity index is 1.72. The van der Waals surface area contributed by atoms with Gasteiger partial charge < -0.3 is 20.1 Å². The molecule has 0 saturated carbocycles. The van der Waals surface area contributed by atoms with E-state index in [0.717, 1.165) is 22.7 Å². The van der Waals surface area contributed by atoms with Crippen molar-refractivity contribution in [3.05, 3.63) is 47.0 Å². The van der Waals surface area contributed by atoms with Crippen molar-refractivity contribution in [1.82, 2.24) is 0 Å². The second-order valence-corrected chi connectivity index (χ2v) is 5.39. The summed E-state index contributed by atoms with van der Waals surface area (Å²) in [5.41, 5.74) is 2.65. The van der Waals surface area contributed by atoms with Crippen LogP contribution in [0.3, 0.4) is 0 Å². The fourth-order valence-electron chi connectivity index (χ4n) is 2.04. The van der Waals surface area contributed by atoms with Crippen molar-refractivity contribution < 1.29 is 9.47 Å². The number of benzene rings is 2. The average molecular weight is 321 g/mol. The van der Waals surface area contributed by atoms with E-state index in [0.29, 0.717) is 15.9 Å². The van der Waals surface area contributed by atoms with E-state index in [1.807, 2.05) is 43.3 Å². The first-order chi connectivity index (χ1) is 10.1. The van der Waals surface area contributed by atoms with Gasteiger partial charge in [0.05, 0.1) is 10.7 Å². The lowest BCUT2D eigenvalue weighted by molar-refractivity contribution is 0.174. The number of para-hydroxylation sites is 1. The third-order valence-corrected chi connectivity index (χ3v) is 3.61. The van der Waals surface area contributed by atoms with Gasteiger partial charge in [0.2, 0.25) is 6.79 Å². The maximum absolute atomic E-state index is 6.17. The predicted octanol–water partition coefficient (Wildman–Crippen LogP) is 4.19. The molecule has 4 nitrogen and oxygen atoms in total. The van der Waals surface area contributed by atoms with Gasteiger partial charge in [-0.05, 0) is 42.9 Å². The minimum absolute atomic E-state index is 0.250. The number of fused-ring (bicyclic) bond motifs is 1. The molecule has 0 amide bonds. The molecule has 1 aliphatic rings. The van der Waals surface area contributed by atoms with Crippen molar-refractivity contribution in [3.8, 4) is 11.5 Å². The van der Waals surface area contributed by atoms with E-state index >= 15 is 0 Å². The van der Waals surface area contributed by atoms with Crippen LogP contribution in [-0.4, -0.2) is 11.9 Å². The third kappa shape index (κ3) is 3.04. The largest absolute Gasteiger partial charge is 0.454 e. The van der Waals surface area contributed by atoms with Gasteiger partial charge in [-0.25, -0.2) is 0 Å². The molecule has 0 spiro atoms. The first kappa shape index (κ1) is 14.0. The van der Waals surface area contributed by atoms with Gasteiger partial charge in [0, 0.05) is 11.8 Å². The Kier molecular flexibility index (Phi) is 3.86. The number of rotatable bonds is 2. The number of halogens is 1. The SMILES string of the molecule is Cc1cccc(Cl)c1NC(=S)Nc1ccc2c(c1)OCO2. The zero-order chi connectivity index (χ0) is 14.8. The first-order valence-corrected chi connectivity index (χ1v) is 7.15. The van der Waals surface area contributed by atoms with E-state index in [2.05, 4.69) is 10.6 Å². The summed E-state index contributed by atoms with van der Waals surface area (Å²) < 4.78 is 10.6. The zero-order valence-electron chi connectivity index (χ0n) is 11.3. The number of aryl methyl sites for hydroxylation is 1. The molecule has 3 rings (SSSR count). The van der Waals surface area contributed by atoms with Crippen LogP contribution in [0.25, 0.3) is 0 Å². The molecule has 2 aromatic carbocycles. The Bertz CT molecular complexity index is 686. The molecule has 0 radical (unpaired) electrons. The van der Waals surface area contributed by atoms with Crippen LogP contribution in [-0.2, 0) is 0 Å². The first-order valence-electron chi connectivity index (χ1n) is 6.36. The van der Waals surface area contributed by atoms with E-state index < -0.39 is 0 Å². The monoisotopic (exact) mass is 320 g/mol. The predicted molar refractivity (Wildman–Crippen MR) is 88.6 cm³/mol. The lowest BCUT2D eigenvalue weighted by Gasteiger charge is -2.14. The quantitative estimate of drug-likeness (QED) is 0.812. The summed E-state index contributed by atoms with van der Waals surface area (Å²) >= 11 is 11.5. The fourth-order valence-corrected chi connectivity index (χ4v) is 2.53. The lowest BCUT2D eigenvalue weighted by atomic mass is 10.2. The molecule has 108 valence electrons. The summed E-state index contributed by atoms with van der Waals surface area (Å²) in [4.78, 5) is 0. The fraction of sp³-hybridized carbons (Fsp3) is 0.133. The molecule has 0 aliphatic carbocycles. The van der Waals surface area contributed by atoms with Crippen LogP contribution in [0.15, 0.2) is 36.4 Å². The Morgan fingerprint density at radius 1 is 1.14 bits per heavy atom. The third-order valence-electron chi connectivity index (χ3n) is 3.09. The van der Waals surface area contributed by atoms with Crippen LogP contribution >= 0.6 is 23.8 Å². The second-order valence-electron chi connectivity index (χ2n) is 4.58. The lowest BCUT2D eigenvalue weighted by Crippen LogP contribution is -2.19. The summed E-state index contributed by atoms with van der Waals surface area (Å²) in [6, 6.07) is 11.2. The summed E-state index contributed by atoms with van der Waals surface area (Å²) in [6.45, 7) is 2.22. The highest BCUT2D eigenvalue weighted by Gasteiger charge is 2.13. The minimum atomic E-state index is 0.250. The molecule has 0 fully saturated rings. The van der Waals surface area contributed by atoms with Crippen molar-refractivity contribution in [2.45, 2.75) is 6.92 Å². The maximum Gasteiger partial charge on any atom is 0.231 e. The van der Waals surface area contributed by atoms with Gasteiger partial charge >= 0.3 is 0 Å². The molecule has 2 N–H and O–H groups in total.